The largest absolute Gasteiger partial charge is 0.478 e. The summed E-state index contributed by atoms with van der Waals surface area (Å²) in [6, 6.07) is 5.40. The summed E-state index contributed by atoms with van der Waals surface area (Å²) in [6.45, 7) is 3.17. The monoisotopic (exact) mass is 297 g/mol. The van der Waals surface area contributed by atoms with Crippen LogP contribution in [0.15, 0.2) is 29.2 Å². The Morgan fingerprint density at radius 3 is 2.55 bits per heavy atom. The minimum atomic E-state index is -3.51. The van der Waals surface area contributed by atoms with E-state index in [4.69, 9.17) is 5.11 Å². The van der Waals surface area contributed by atoms with Gasteiger partial charge in [-0.05, 0) is 43.0 Å². The zero-order valence-electron chi connectivity index (χ0n) is 11.4. The quantitative estimate of drug-likeness (QED) is 0.924. The molecule has 1 aromatic rings. The molecule has 0 bridgehead atoms. The van der Waals surface area contributed by atoms with Crippen LogP contribution in [0.3, 0.4) is 0 Å². The van der Waals surface area contributed by atoms with Gasteiger partial charge in [-0.15, -0.1) is 0 Å². The van der Waals surface area contributed by atoms with Gasteiger partial charge in [-0.2, -0.15) is 4.31 Å². The van der Waals surface area contributed by atoms with Crippen LogP contribution in [0.2, 0.25) is 0 Å². The molecule has 6 heteroatoms. The normalized spacial score (nSPS) is 20.8. The SMILES string of the molecule is CCC1CCCN(S(=O)(=O)c2ccc(C(=O)O)cc2)C1. The molecule has 110 valence electrons. The minimum absolute atomic E-state index is 0.0917. The highest BCUT2D eigenvalue weighted by Crippen LogP contribution is 2.25. The molecule has 1 aliphatic heterocycles. The average molecular weight is 297 g/mol. The van der Waals surface area contributed by atoms with E-state index in [-0.39, 0.29) is 10.5 Å². The van der Waals surface area contributed by atoms with Gasteiger partial charge in [-0.3, -0.25) is 0 Å². The van der Waals surface area contributed by atoms with Crippen LogP contribution in [0.5, 0.6) is 0 Å². The minimum Gasteiger partial charge on any atom is -0.478 e. The fraction of sp³-hybridized carbons (Fsp3) is 0.500. The van der Waals surface area contributed by atoms with Gasteiger partial charge < -0.3 is 5.11 Å². The number of sulfonamides is 1. The van der Waals surface area contributed by atoms with Gasteiger partial charge in [0, 0.05) is 13.1 Å². The van der Waals surface area contributed by atoms with Crippen molar-refractivity contribution in [3.63, 3.8) is 0 Å². The number of benzene rings is 1. The zero-order chi connectivity index (χ0) is 14.8. The molecule has 20 heavy (non-hydrogen) atoms. The Bertz CT molecular complexity index is 580. The highest BCUT2D eigenvalue weighted by atomic mass is 32.2. The van der Waals surface area contributed by atoms with Gasteiger partial charge in [0.25, 0.3) is 0 Å². The molecular formula is C14H19NO4S. The van der Waals surface area contributed by atoms with E-state index >= 15 is 0 Å². The molecule has 0 spiro atoms. The Labute approximate surface area is 119 Å². The van der Waals surface area contributed by atoms with Gasteiger partial charge >= 0.3 is 5.97 Å². The summed E-state index contributed by atoms with van der Waals surface area (Å²) >= 11 is 0. The second-order valence-electron chi connectivity index (χ2n) is 5.11. The molecule has 1 unspecified atom stereocenters. The number of carbonyl (C=O) groups is 1. The molecule has 5 nitrogen and oxygen atoms in total. The number of aromatic carboxylic acids is 1. The molecule has 1 aromatic carbocycles. The lowest BCUT2D eigenvalue weighted by Crippen LogP contribution is -2.39. The second kappa shape index (κ2) is 5.93. The maximum Gasteiger partial charge on any atom is 0.335 e. The van der Waals surface area contributed by atoms with Crippen molar-refractivity contribution >= 4 is 16.0 Å². The molecule has 0 saturated carbocycles. The molecule has 0 aromatic heterocycles. The lowest BCUT2D eigenvalue weighted by Gasteiger charge is -2.31. The topological polar surface area (TPSA) is 74.7 Å². The van der Waals surface area contributed by atoms with Crippen LogP contribution in [-0.4, -0.2) is 36.9 Å². The summed E-state index contributed by atoms with van der Waals surface area (Å²) in [5, 5.41) is 8.83. The fourth-order valence-electron chi connectivity index (χ4n) is 2.50. The summed E-state index contributed by atoms with van der Waals surface area (Å²) in [5.41, 5.74) is 0.0917. The first kappa shape index (κ1) is 15.0. The number of hydrogen-bond acceptors (Lipinski definition) is 3. The van der Waals surface area contributed by atoms with Crippen molar-refractivity contribution in [1.82, 2.24) is 4.31 Å². The van der Waals surface area contributed by atoms with Crippen LogP contribution in [0.25, 0.3) is 0 Å². The molecular weight excluding hydrogens is 278 g/mol. The fourth-order valence-corrected chi connectivity index (χ4v) is 4.05. The smallest absolute Gasteiger partial charge is 0.335 e. The Kier molecular flexibility index (Phi) is 4.45. The Morgan fingerprint density at radius 2 is 2.00 bits per heavy atom. The standard InChI is InChI=1S/C14H19NO4S/c1-2-11-4-3-9-15(10-11)20(18,19)13-7-5-12(6-8-13)14(16)17/h5-8,11H,2-4,9-10H2,1H3,(H,16,17). The molecule has 0 radical (unpaired) electrons. The van der Waals surface area contributed by atoms with Crippen LogP contribution in [0.1, 0.15) is 36.5 Å². The van der Waals surface area contributed by atoms with Crippen molar-refractivity contribution in [2.24, 2.45) is 5.92 Å². The summed E-state index contributed by atoms with van der Waals surface area (Å²) in [7, 11) is -3.51. The van der Waals surface area contributed by atoms with Crippen LogP contribution in [0, 0.1) is 5.92 Å². The second-order valence-corrected chi connectivity index (χ2v) is 7.05. The number of hydrogen-bond donors (Lipinski definition) is 1. The summed E-state index contributed by atoms with van der Waals surface area (Å²) in [6.07, 6.45) is 2.93. The van der Waals surface area contributed by atoms with E-state index < -0.39 is 16.0 Å². The van der Waals surface area contributed by atoms with Crippen molar-refractivity contribution in [3.8, 4) is 0 Å². The summed E-state index contributed by atoms with van der Waals surface area (Å²) in [5.74, 6) is -0.644. The third kappa shape index (κ3) is 3.02. The van der Waals surface area contributed by atoms with Gasteiger partial charge in [0.1, 0.15) is 0 Å². The molecule has 1 atom stereocenters. The van der Waals surface area contributed by atoms with Gasteiger partial charge in [-0.1, -0.05) is 13.3 Å². The van der Waals surface area contributed by atoms with Crippen molar-refractivity contribution in [3.05, 3.63) is 29.8 Å². The molecule has 1 aliphatic rings. The van der Waals surface area contributed by atoms with Crippen molar-refractivity contribution in [2.75, 3.05) is 13.1 Å². The van der Waals surface area contributed by atoms with Gasteiger partial charge in [-0.25, -0.2) is 13.2 Å². The van der Waals surface area contributed by atoms with Crippen LogP contribution >= 0.6 is 0 Å². The third-order valence-electron chi connectivity index (χ3n) is 3.80. The number of carboxylic acid groups (broad SMARTS) is 1. The first-order valence-corrected chi connectivity index (χ1v) is 8.22. The number of piperidine rings is 1. The Morgan fingerprint density at radius 1 is 1.35 bits per heavy atom. The Hall–Kier alpha value is -1.40. The average Bonchev–Trinajstić information content (AvgIpc) is 2.47. The van der Waals surface area contributed by atoms with E-state index in [2.05, 4.69) is 6.92 Å². The maximum atomic E-state index is 12.5. The molecule has 0 aliphatic carbocycles. The molecule has 1 fully saturated rings. The maximum absolute atomic E-state index is 12.5. The van der Waals surface area contributed by atoms with Crippen molar-refractivity contribution in [2.45, 2.75) is 31.1 Å². The van der Waals surface area contributed by atoms with Crippen molar-refractivity contribution in [1.29, 1.82) is 0 Å². The lowest BCUT2D eigenvalue weighted by atomic mass is 9.97. The third-order valence-corrected chi connectivity index (χ3v) is 5.68. The van der Waals surface area contributed by atoms with E-state index in [9.17, 15) is 13.2 Å². The molecule has 1 heterocycles. The van der Waals surface area contributed by atoms with Gasteiger partial charge in [0.05, 0.1) is 10.5 Å². The lowest BCUT2D eigenvalue weighted by molar-refractivity contribution is 0.0696. The molecule has 1 N–H and O–H groups in total. The van der Waals surface area contributed by atoms with E-state index in [0.717, 1.165) is 19.3 Å². The number of carboxylic acids is 1. The van der Waals surface area contributed by atoms with E-state index in [0.29, 0.717) is 19.0 Å². The summed E-state index contributed by atoms with van der Waals surface area (Å²) < 4.78 is 26.5. The number of nitrogens with zero attached hydrogens (tertiary/aromatic N) is 1. The Balaban J connectivity index is 2.23. The van der Waals surface area contributed by atoms with Crippen LogP contribution in [0.4, 0.5) is 0 Å². The van der Waals surface area contributed by atoms with E-state index in [1.165, 1.54) is 28.6 Å². The molecule has 2 rings (SSSR count). The van der Waals surface area contributed by atoms with Gasteiger partial charge in [0.2, 0.25) is 10.0 Å². The summed E-state index contributed by atoms with van der Waals surface area (Å²) in [4.78, 5) is 11.0. The number of rotatable bonds is 4. The predicted molar refractivity (Wildman–Crippen MR) is 75.2 cm³/mol. The highest BCUT2D eigenvalue weighted by Gasteiger charge is 2.29. The van der Waals surface area contributed by atoms with Crippen LogP contribution in [-0.2, 0) is 10.0 Å². The molecule has 1 saturated heterocycles. The van der Waals surface area contributed by atoms with E-state index in [1.807, 2.05) is 0 Å². The van der Waals surface area contributed by atoms with Crippen molar-refractivity contribution < 1.29 is 18.3 Å². The highest BCUT2D eigenvalue weighted by molar-refractivity contribution is 7.89. The van der Waals surface area contributed by atoms with Gasteiger partial charge in [0.15, 0.2) is 0 Å². The predicted octanol–water partition coefficient (Wildman–Crippen LogP) is 2.20. The first-order chi connectivity index (χ1) is 9.45. The zero-order valence-corrected chi connectivity index (χ0v) is 12.3. The molecule has 0 amide bonds. The first-order valence-electron chi connectivity index (χ1n) is 6.78. The van der Waals surface area contributed by atoms with Crippen LogP contribution < -0.4 is 0 Å². The van der Waals surface area contributed by atoms with E-state index in [1.54, 1.807) is 0 Å².